The minimum Gasteiger partial charge on any atom is -0.481 e. The smallest absolute Gasteiger partial charge is 0.374 e. The summed E-state index contributed by atoms with van der Waals surface area (Å²) in [5.74, 6) is 0.527. The van der Waals surface area contributed by atoms with Crippen LogP contribution < -0.4 is 14.2 Å². The van der Waals surface area contributed by atoms with Gasteiger partial charge < -0.3 is 24.3 Å². The molecule has 0 fully saturated rings. The van der Waals surface area contributed by atoms with E-state index in [1.54, 1.807) is 0 Å². The average Bonchev–Trinajstić information content (AvgIpc) is 3.37. The van der Waals surface area contributed by atoms with Crippen LogP contribution in [0.25, 0.3) is 17.2 Å². The van der Waals surface area contributed by atoms with E-state index in [1.807, 2.05) is 66.8 Å². The van der Waals surface area contributed by atoms with Gasteiger partial charge in [0, 0.05) is 31.9 Å². The molecule has 0 saturated carbocycles. The van der Waals surface area contributed by atoms with E-state index < -0.39 is 11.9 Å². The van der Waals surface area contributed by atoms with Crippen molar-refractivity contribution in [1.82, 2.24) is 0 Å². The Morgan fingerprint density at radius 1 is 0.914 bits per heavy atom. The minimum absolute atomic E-state index is 0.147. The largest absolute Gasteiger partial charge is 0.481 e. The van der Waals surface area contributed by atoms with Gasteiger partial charge in [-0.15, -0.1) is 0 Å². The molecule has 2 aromatic carbocycles. The number of carboxylic acid groups (broad SMARTS) is 2. The number of hydrogen-bond acceptors (Lipinski definition) is 5. The van der Waals surface area contributed by atoms with Gasteiger partial charge in [-0.3, -0.25) is 9.59 Å². The van der Waals surface area contributed by atoms with E-state index in [2.05, 4.69) is 9.47 Å². The summed E-state index contributed by atoms with van der Waals surface area (Å²) < 4.78 is 14.2. The van der Waals surface area contributed by atoms with E-state index in [1.165, 1.54) is 0 Å². The molecule has 0 radical (unpaired) electrons. The van der Waals surface area contributed by atoms with E-state index in [0.29, 0.717) is 37.7 Å². The number of allylic oxidation sites excluding steroid dienone is 2. The second kappa shape index (κ2) is 11.4. The number of aliphatic carboxylic acids is 2. The molecule has 0 bridgehead atoms. The van der Waals surface area contributed by atoms with Crippen molar-refractivity contribution in [3.8, 4) is 5.75 Å². The monoisotopic (exact) mass is 477 g/mol. The molecular weight excluding hydrogens is 448 g/mol. The second-order valence-electron chi connectivity index (χ2n) is 8.35. The standard InChI is InChI=1S/C27H28N2O6/c30-26(31)16-5-7-18-28-20-10-1-3-12-22(20)34-24(28)14-9-15-25-29(19-8-6-17-27(32)33)21-11-2-4-13-23(21)35-25/h1-4,9-15H,5-8,16-19H2,(H-,30,31,32,33)/p+1. The number of rotatable bonds is 12. The Bertz CT molecular complexity index is 1260. The highest BCUT2D eigenvalue weighted by Gasteiger charge is 2.25. The highest BCUT2D eigenvalue weighted by atomic mass is 16.5. The number of aryl methyl sites for hydroxylation is 1. The lowest BCUT2D eigenvalue weighted by molar-refractivity contribution is -0.678. The Balaban J connectivity index is 1.52. The van der Waals surface area contributed by atoms with E-state index in [9.17, 15) is 9.59 Å². The SMILES string of the molecule is O=C(O)CCCCN1C(=CC=Cc2oc3ccccc3[n+]2CCCCC(=O)O)Oc2ccccc21. The molecule has 0 unspecified atom stereocenters. The maximum Gasteiger partial charge on any atom is 0.374 e. The first-order chi connectivity index (χ1) is 17.0. The van der Waals surface area contributed by atoms with Crippen LogP contribution >= 0.6 is 0 Å². The fourth-order valence-corrected chi connectivity index (χ4v) is 4.12. The molecule has 0 atom stereocenters. The molecule has 1 aromatic heterocycles. The van der Waals surface area contributed by atoms with Gasteiger partial charge in [-0.25, -0.2) is 0 Å². The van der Waals surface area contributed by atoms with Crippen LogP contribution in [0.3, 0.4) is 0 Å². The number of unbranched alkanes of at least 4 members (excludes halogenated alkanes) is 2. The quantitative estimate of drug-likeness (QED) is 0.280. The average molecular weight is 478 g/mol. The summed E-state index contributed by atoms with van der Waals surface area (Å²) in [6.07, 6.45) is 8.56. The van der Waals surface area contributed by atoms with E-state index >= 15 is 0 Å². The van der Waals surface area contributed by atoms with Gasteiger partial charge in [-0.1, -0.05) is 24.3 Å². The van der Waals surface area contributed by atoms with Gasteiger partial charge >= 0.3 is 17.8 Å². The topological polar surface area (TPSA) is 104 Å². The number of hydrogen-bond donors (Lipinski definition) is 2. The maximum atomic E-state index is 10.8. The molecule has 1 aliphatic heterocycles. The normalized spacial score (nSPS) is 14.1. The van der Waals surface area contributed by atoms with Crippen LogP contribution in [0.1, 0.15) is 44.4 Å². The Morgan fingerprint density at radius 2 is 1.63 bits per heavy atom. The van der Waals surface area contributed by atoms with Crippen molar-refractivity contribution in [1.29, 1.82) is 0 Å². The number of carbonyl (C=O) groups is 2. The number of carboxylic acids is 2. The third-order valence-corrected chi connectivity index (χ3v) is 5.80. The van der Waals surface area contributed by atoms with Crippen LogP contribution in [0.4, 0.5) is 5.69 Å². The fourth-order valence-electron chi connectivity index (χ4n) is 4.12. The van der Waals surface area contributed by atoms with Crippen LogP contribution in [-0.2, 0) is 16.1 Å². The number of oxazole rings is 1. The summed E-state index contributed by atoms with van der Waals surface area (Å²) in [6.45, 7) is 1.30. The second-order valence-corrected chi connectivity index (χ2v) is 8.35. The van der Waals surface area contributed by atoms with Gasteiger partial charge in [0.2, 0.25) is 11.5 Å². The highest BCUT2D eigenvalue weighted by Crippen LogP contribution is 2.38. The molecule has 8 heteroatoms. The van der Waals surface area contributed by atoms with Crippen LogP contribution in [0.2, 0.25) is 0 Å². The summed E-state index contributed by atoms with van der Waals surface area (Å²) in [5.41, 5.74) is 2.68. The summed E-state index contributed by atoms with van der Waals surface area (Å²) in [6, 6.07) is 15.5. The number of para-hydroxylation sites is 4. The molecule has 3 aromatic rings. The first-order valence-corrected chi connectivity index (χ1v) is 11.8. The number of anilines is 1. The zero-order valence-corrected chi connectivity index (χ0v) is 19.4. The molecule has 8 nitrogen and oxygen atoms in total. The molecule has 1 aliphatic rings. The highest BCUT2D eigenvalue weighted by molar-refractivity contribution is 5.70. The van der Waals surface area contributed by atoms with E-state index in [0.717, 1.165) is 35.4 Å². The molecule has 0 spiro atoms. The van der Waals surface area contributed by atoms with Crippen LogP contribution in [-0.4, -0.2) is 28.7 Å². The van der Waals surface area contributed by atoms with Crippen molar-refractivity contribution >= 4 is 34.8 Å². The predicted molar refractivity (Wildman–Crippen MR) is 131 cm³/mol. The third kappa shape index (κ3) is 6.09. The van der Waals surface area contributed by atoms with Crippen molar-refractivity contribution in [2.75, 3.05) is 11.4 Å². The molecular formula is C27H29N2O6+. The molecule has 2 heterocycles. The predicted octanol–water partition coefficient (Wildman–Crippen LogP) is 4.98. The van der Waals surface area contributed by atoms with Gasteiger partial charge in [-0.2, -0.15) is 4.57 Å². The maximum absolute atomic E-state index is 10.8. The summed E-state index contributed by atoms with van der Waals surface area (Å²) in [7, 11) is 0. The van der Waals surface area contributed by atoms with Crippen molar-refractivity contribution in [3.05, 3.63) is 72.5 Å². The van der Waals surface area contributed by atoms with Gasteiger partial charge in [-0.05, 0) is 49.6 Å². The third-order valence-electron chi connectivity index (χ3n) is 5.80. The van der Waals surface area contributed by atoms with E-state index in [-0.39, 0.29) is 12.8 Å². The summed E-state index contributed by atoms with van der Waals surface area (Å²) in [4.78, 5) is 23.7. The van der Waals surface area contributed by atoms with Crippen molar-refractivity contribution < 1.29 is 33.5 Å². The molecule has 35 heavy (non-hydrogen) atoms. The molecule has 0 aliphatic carbocycles. The van der Waals surface area contributed by atoms with Gasteiger partial charge in [0.25, 0.3) is 5.52 Å². The Kier molecular flexibility index (Phi) is 7.82. The fraction of sp³-hybridized carbons (Fsp3) is 0.296. The zero-order chi connectivity index (χ0) is 24.6. The number of aromatic nitrogens is 1. The Hall–Kier alpha value is -4.07. The van der Waals surface area contributed by atoms with Crippen LogP contribution in [0.15, 0.2) is 71.0 Å². The zero-order valence-electron chi connectivity index (χ0n) is 19.4. The lowest BCUT2D eigenvalue weighted by Crippen LogP contribution is -2.35. The summed E-state index contributed by atoms with van der Waals surface area (Å²) >= 11 is 0. The minimum atomic E-state index is -0.788. The lowest BCUT2D eigenvalue weighted by Gasteiger charge is -2.17. The van der Waals surface area contributed by atoms with Crippen LogP contribution in [0.5, 0.6) is 5.75 Å². The number of fused-ring (bicyclic) bond motifs is 2. The van der Waals surface area contributed by atoms with E-state index in [4.69, 9.17) is 19.4 Å². The lowest BCUT2D eigenvalue weighted by atomic mass is 10.2. The first-order valence-electron chi connectivity index (χ1n) is 11.8. The molecule has 0 amide bonds. The van der Waals surface area contributed by atoms with Crippen molar-refractivity contribution in [2.24, 2.45) is 0 Å². The Morgan fingerprint density at radius 3 is 2.43 bits per heavy atom. The molecule has 2 N–H and O–H groups in total. The number of ether oxygens (including phenoxy) is 1. The van der Waals surface area contributed by atoms with Crippen molar-refractivity contribution in [2.45, 2.75) is 45.1 Å². The van der Waals surface area contributed by atoms with Crippen molar-refractivity contribution in [3.63, 3.8) is 0 Å². The van der Waals surface area contributed by atoms with Gasteiger partial charge in [0.15, 0.2) is 12.3 Å². The summed E-state index contributed by atoms with van der Waals surface area (Å²) in [5, 5.41) is 17.8. The first kappa shape index (κ1) is 24.1. The molecule has 182 valence electrons. The van der Waals surface area contributed by atoms with Gasteiger partial charge in [0.1, 0.15) is 0 Å². The van der Waals surface area contributed by atoms with Gasteiger partial charge in [0.05, 0.1) is 11.8 Å². The Labute approximate surface area is 203 Å². The van der Waals surface area contributed by atoms with Crippen LogP contribution in [0, 0.1) is 0 Å². The molecule has 0 saturated heterocycles. The number of nitrogens with zero attached hydrogens (tertiary/aromatic N) is 2. The molecule has 4 rings (SSSR count). The number of benzene rings is 2.